The molecule has 0 spiro atoms. The van der Waals surface area contributed by atoms with Gasteiger partial charge in [0.05, 0.1) is 0 Å². The highest BCUT2D eigenvalue weighted by molar-refractivity contribution is 7.98. The fourth-order valence-corrected chi connectivity index (χ4v) is 1.79. The van der Waals surface area contributed by atoms with Gasteiger partial charge in [-0.1, -0.05) is 11.8 Å². The third kappa shape index (κ3) is 1.63. The van der Waals surface area contributed by atoms with Gasteiger partial charge in [0.2, 0.25) is 0 Å². The molecule has 0 aliphatic heterocycles. The summed E-state index contributed by atoms with van der Waals surface area (Å²) in [5.41, 5.74) is 1.57. The maximum absolute atomic E-state index is 11.5. The molecule has 2 heterocycles. The second kappa shape index (κ2) is 3.66. The zero-order valence-corrected chi connectivity index (χ0v) is 9.63. The van der Waals surface area contributed by atoms with Crippen LogP contribution in [0, 0.1) is 6.92 Å². The van der Waals surface area contributed by atoms with Crippen LogP contribution in [-0.2, 0) is 7.05 Å². The second-order valence-corrected chi connectivity index (χ2v) is 4.09. The normalized spacial score (nSPS) is 10.9. The summed E-state index contributed by atoms with van der Waals surface area (Å²) < 4.78 is 1.55. The van der Waals surface area contributed by atoms with Gasteiger partial charge in [-0.05, 0) is 18.7 Å². The first-order valence-electron chi connectivity index (χ1n) is 4.51. The third-order valence-electron chi connectivity index (χ3n) is 2.34. The molecule has 5 heteroatoms. The molecular formula is C10H11N3OS. The van der Waals surface area contributed by atoms with Crippen molar-refractivity contribution in [3.05, 3.63) is 28.2 Å². The van der Waals surface area contributed by atoms with Crippen LogP contribution in [0.15, 0.2) is 22.2 Å². The molecule has 0 saturated heterocycles. The second-order valence-electron chi connectivity index (χ2n) is 3.32. The van der Waals surface area contributed by atoms with E-state index in [2.05, 4.69) is 9.97 Å². The zero-order chi connectivity index (χ0) is 11.0. The molecular weight excluding hydrogens is 210 g/mol. The van der Waals surface area contributed by atoms with Crippen molar-refractivity contribution in [1.82, 2.24) is 14.5 Å². The lowest BCUT2D eigenvalue weighted by atomic mass is 10.2. The summed E-state index contributed by atoms with van der Waals surface area (Å²) >= 11 is 1.47. The van der Waals surface area contributed by atoms with E-state index in [0.717, 1.165) is 10.9 Å². The smallest absolute Gasteiger partial charge is 0.252 e. The number of aryl methyl sites for hydroxylation is 2. The highest BCUT2D eigenvalue weighted by Gasteiger charge is 2.06. The molecule has 0 atom stereocenters. The van der Waals surface area contributed by atoms with Crippen LogP contribution in [0.3, 0.4) is 0 Å². The molecule has 4 nitrogen and oxygen atoms in total. The van der Waals surface area contributed by atoms with E-state index in [9.17, 15) is 4.79 Å². The Morgan fingerprint density at radius 2 is 2.20 bits per heavy atom. The van der Waals surface area contributed by atoms with Gasteiger partial charge in [-0.2, -0.15) is 0 Å². The van der Waals surface area contributed by atoms with Crippen LogP contribution < -0.4 is 5.56 Å². The SMILES string of the molecule is CSc1ncc2c(C)cc(=O)n(C)c2n1. The highest BCUT2D eigenvalue weighted by Crippen LogP contribution is 2.16. The fourth-order valence-electron chi connectivity index (χ4n) is 1.45. The molecule has 0 aliphatic rings. The fraction of sp³-hybridized carbons (Fsp3) is 0.300. The Bertz CT molecular complexity index is 577. The molecule has 2 rings (SSSR count). The topological polar surface area (TPSA) is 47.8 Å². The summed E-state index contributed by atoms with van der Waals surface area (Å²) in [6.45, 7) is 1.89. The number of fused-ring (bicyclic) bond motifs is 1. The molecule has 0 amide bonds. The van der Waals surface area contributed by atoms with Crippen LogP contribution in [0.5, 0.6) is 0 Å². The number of aromatic nitrogens is 3. The first-order chi connectivity index (χ1) is 7.13. The average molecular weight is 221 g/mol. The van der Waals surface area contributed by atoms with E-state index in [4.69, 9.17) is 0 Å². The van der Waals surface area contributed by atoms with Crippen LogP contribution in [0.1, 0.15) is 5.56 Å². The number of hydrogen-bond acceptors (Lipinski definition) is 4. The Morgan fingerprint density at radius 1 is 1.47 bits per heavy atom. The van der Waals surface area contributed by atoms with Gasteiger partial charge < -0.3 is 0 Å². The van der Waals surface area contributed by atoms with Gasteiger partial charge in [0.1, 0.15) is 5.65 Å². The summed E-state index contributed by atoms with van der Waals surface area (Å²) in [4.78, 5) is 20.1. The Morgan fingerprint density at radius 3 is 2.87 bits per heavy atom. The van der Waals surface area contributed by atoms with Crippen molar-refractivity contribution in [2.24, 2.45) is 7.05 Å². The van der Waals surface area contributed by atoms with Gasteiger partial charge in [0, 0.05) is 24.7 Å². The summed E-state index contributed by atoms with van der Waals surface area (Å²) in [5, 5.41) is 1.61. The average Bonchev–Trinajstić information content (AvgIpc) is 2.25. The van der Waals surface area contributed by atoms with Gasteiger partial charge in [-0.25, -0.2) is 9.97 Å². The summed E-state index contributed by atoms with van der Waals surface area (Å²) in [6, 6.07) is 1.60. The first-order valence-corrected chi connectivity index (χ1v) is 5.73. The quantitative estimate of drug-likeness (QED) is 0.539. The van der Waals surface area contributed by atoms with E-state index in [1.807, 2.05) is 13.2 Å². The van der Waals surface area contributed by atoms with Crippen molar-refractivity contribution >= 4 is 22.8 Å². The molecule has 78 valence electrons. The lowest BCUT2D eigenvalue weighted by Gasteiger charge is -2.06. The van der Waals surface area contributed by atoms with Crippen LogP contribution in [0.4, 0.5) is 0 Å². The molecule has 0 unspecified atom stereocenters. The standard InChI is InChI=1S/C10H11N3OS/c1-6-4-8(14)13(2)9-7(6)5-11-10(12-9)15-3/h4-5H,1-3H3. The summed E-state index contributed by atoms with van der Waals surface area (Å²) in [5.74, 6) is 0. The number of hydrogen-bond donors (Lipinski definition) is 0. The molecule has 0 radical (unpaired) electrons. The van der Waals surface area contributed by atoms with Crippen molar-refractivity contribution in [2.75, 3.05) is 6.26 Å². The molecule has 15 heavy (non-hydrogen) atoms. The number of rotatable bonds is 1. The predicted octanol–water partition coefficient (Wildman–Crippen LogP) is 1.36. The summed E-state index contributed by atoms with van der Waals surface area (Å²) in [7, 11) is 1.72. The molecule has 0 aliphatic carbocycles. The van der Waals surface area contributed by atoms with Crippen molar-refractivity contribution in [3.63, 3.8) is 0 Å². The van der Waals surface area contributed by atoms with Crippen molar-refractivity contribution in [1.29, 1.82) is 0 Å². The molecule has 0 fully saturated rings. The molecule has 0 aromatic carbocycles. The highest BCUT2D eigenvalue weighted by atomic mass is 32.2. The Labute approximate surface area is 91.4 Å². The Hall–Kier alpha value is -1.36. The van der Waals surface area contributed by atoms with E-state index in [1.54, 1.807) is 23.9 Å². The maximum atomic E-state index is 11.5. The summed E-state index contributed by atoms with van der Waals surface area (Å²) in [6.07, 6.45) is 3.68. The molecule has 0 N–H and O–H groups in total. The van der Waals surface area contributed by atoms with Crippen LogP contribution in [0.25, 0.3) is 11.0 Å². The van der Waals surface area contributed by atoms with Gasteiger partial charge in [-0.3, -0.25) is 9.36 Å². The van der Waals surface area contributed by atoms with Gasteiger partial charge >= 0.3 is 0 Å². The lowest BCUT2D eigenvalue weighted by Crippen LogP contribution is -2.17. The van der Waals surface area contributed by atoms with Crippen molar-refractivity contribution < 1.29 is 0 Å². The first kappa shape index (κ1) is 10.2. The number of thioether (sulfide) groups is 1. The molecule has 0 saturated carbocycles. The minimum atomic E-state index is -0.0363. The van der Waals surface area contributed by atoms with Gasteiger partial charge in [-0.15, -0.1) is 0 Å². The number of nitrogens with zero attached hydrogens (tertiary/aromatic N) is 3. The van der Waals surface area contributed by atoms with E-state index in [0.29, 0.717) is 10.8 Å². The van der Waals surface area contributed by atoms with E-state index in [-0.39, 0.29) is 5.56 Å². The largest absolute Gasteiger partial charge is 0.296 e. The van der Waals surface area contributed by atoms with E-state index >= 15 is 0 Å². The van der Waals surface area contributed by atoms with Crippen molar-refractivity contribution in [2.45, 2.75) is 12.1 Å². The van der Waals surface area contributed by atoms with E-state index in [1.165, 1.54) is 11.8 Å². The minimum Gasteiger partial charge on any atom is -0.296 e. The minimum absolute atomic E-state index is 0.0363. The third-order valence-corrected chi connectivity index (χ3v) is 2.90. The maximum Gasteiger partial charge on any atom is 0.252 e. The number of pyridine rings is 1. The monoisotopic (exact) mass is 221 g/mol. The molecule has 0 bridgehead atoms. The van der Waals surface area contributed by atoms with Crippen LogP contribution in [-0.4, -0.2) is 20.8 Å². The van der Waals surface area contributed by atoms with Gasteiger partial charge in [0.15, 0.2) is 5.16 Å². The molecule has 2 aromatic heterocycles. The lowest BCUT2D eigenvalue weighted by molar-refractivity contribution is 0.856. The van der Waals surface area contributed by atoms with E-state index < -0.39 is 0 Å². The zero-order valence-electron chi connectivity index (χ0n) is 8.81. The predicted molar refractivity (Wildman–Crippen MR) is 61.3 cm³/mol. The van der Waals surface area contributed by atoms with Crippen LogP contribution >= 0.6 is 11.8 Å². The van der Waals surface area contributed by atoms with Crippen LogP contribution in [0.2, 0.25) is 0 Å². The van der Waals surface area contributed by atoms with Gasteiger partial charge in [0.25, 0.3) is 5.56 Å². The van der Waals surface area contributed by atoms with Crippen molar-refractivity contribution in [3.8, 4) is 0 Å². The Kier molecular flexibility index (Phi) is 2.48. The molecule has 2 aromatic rings. The Balaban J connectivity index is 2.91.